The van der Waals surface area contributed by atoms with Gasteiger partial charge in [-0.1, -0.05) is 36.4 Å². The topological polar surface area (TPSA) is 83.1 Å². The van der Waals surface area contributed by atoms with Gasteiger partial charge in [0.15, 0.2) is 0 Å². The van der Waals surface area contributed by atoms with Crippen LogP contribution in [0.25, 0.3) is 16.6 Å². The number of nitrogens with zero attached hydrogens (tertiary/aromatic N) is 4. The molecule has 1 amide bonds. The average molecular weight is 506 g/mol. The molecule has 190 valence electrons. The number of furan rings is 1. The Morgan fingerprint density at radius 1 is 0.895 bits per heavy atom. The van der Waals surface area contributed by atoms with Gasteiger partial charge in [0.1, 0.15) is 17.3 Å². The summed E-state index contributed by atoms with van der Waals surface area (Å²) in [7, 11) is 0. The lowest BCUT2D eigenvalue weighted by Crippen LogP contribution is -2.46. The first-order valence-corrected chi connectivity index (χ1v) is 12.6. The molecule has 8 nitrogen and oxygen atoms in total. The molecule has 1 saturated heterocycles. The van der Waals surface area contributed by atoms with Crippen molar-refractivity contribution in [3.63, 3.8) is 0 Å². The van der Waals surface area contributed by atoms with Crippen LogP contribution in [-0.4, -0.2) is 52.2 Å². The van der Waals surface area contributed by atoms with Gasteiger partial charge in [0.25, 0.3) is 11.7 Å². The molecule has 5 heterocycles. The summed E-state index contributed by atoms with van der Waals surface area (Å²) in [6, 6.07) is 24.8. The van der Waals surface area contributed by atoms with Gasteiger partial charge < -0.3 is 19.0 Å². The van der Waals surface area contributed by atoms with E-state index in [1.54, 1.807) is 29.1 Å². The van der Waals surface area contributed by atoms with E-state index in [0.717, 1.165) is 60.9 Å². The van der Waals surface area contributed by atoms with E-state index in [0.29, 0.717) is 11.4 Å². The molecule has 1 aliphatic rings. The minimum absolute atomic E-state index is 0.335. The van der Waals surface area contributed by atoms with Crippen molar-refractivity contribution in [2.45, 2.75) is 6.54 Å². The zero-order valence-electron chi connectivity index (χ0n) is 20.8. The predicted octanol–water partition coefficient (Wildman–Crippen LogP) is 4.74. The van der Waals surface area contributed by atoms with Crippen LogP contribution in [-0.2, 0) is 11.3 Å². The Morgan fingerprint density at radius 2 is 1.71 bits per heavy atom. The normalized spacial score (nSPS) is 14.1. The number of benzene rings is 1. The number of pyridine rings is 2. The molecular weight excluding hydrogens is 478 g/mol. The molecule has 4 aromatic heterocycles. The monoisotopic (exact) mass is 505 g/mol. The van der Waals surface area contributed by atoms with Crippen molar-refractivity contribution in [1.29, 1.82) is 0 Å². The second-order valence-electron chi connectivity index (χ2n) is 9.30. The SMILES string of the molecule is O=C(Nc1ccc(N2CCN(Cc3ccco3)CC2)nc1)C(=O)c1c(-c2ccccc2)cc2ccccn12. The summed E-state index contributed by atoms with van der Waals surface area (Å²) in [5, 5.41) is 2.73. The highest BCUT2D eigenvalue weighted by molar-refractivity contribution is 6.47. The summed E-state index contributed by atoms with van der Waals surface area (Å²) in [5.74, 6) is 0.505. The number of anilines is 2. The fourth-order valence-corrected chi connectivity index (χ4v) is 4.89. The lowest BCUT2D eigenvalue weighted by molar-refractivity contribution is -0.112. The quantitative estimate of drug-likeness (QED) is 0.254. The molecule has 0 bridgehead atoms. The second kappa shape index (κ2) is 10.4. The maximum atomic E-state index is 13.4. The number of Topliss-reactive ketones (excluding diaryl/α,β-unsaturated/α-hetero) is 1. The number of hydrogen-bond donors (Lipinski definition) is 1. The van der Waals surface area contributed by atoms with Crippen LogP contribution in [0.3, 0.4) is 0 Å². The summed E-state index contributed by atoms with van der Waals surface area (Å²) in [6.07, 6.45) is 5.10. The minimum Gasteiger partial charge on any atom is -0.468 e. The van der Waals surface area contributed by atoms with Crippen LogP contribution >= 0.6 is 0 Å². The summed E-state index contributed by atoms with van der Waals surface area (Å²) in [4.78, 5) is 35.6. The Labute approximate surface area is 220 Å². The number of fused-ring (bicyclic) bond motifs is 1. The molecule has 0 atom stereocenters. The van der Waals surface area contributed by atoms with Crippen LogP contribution in [0.4, 0.5) is 11.5 Å². The standard InChI is InChI=1S/C30H27N5O3/c36-29(28-26(22-7-2-1-3-8-22)19-24-9-4-5-13-35(24)28)30(37)32-23-11-12-27(31-20-23)34-16-14-33(15-17-34)21-25-10-6-18-38-25/h1-13,18-20H,14-17,21H2,(H,32,37). The van der Waals surface area contributed by atoms with Crippen LogP contribution < -0.4 is 10.2 Å². The summed E-state index contributed by atoms with van der Waals surface area (Å²) < 4.78 is 7.22. The molecule has 1 fully saturated rings. The van der Waals surface area contributed by atoms with Crippen LogP contribution in [0.15, 0.2) is 102 Å². The summed E-state index contributed by atoms with van der Waals surface area (Å²) >= 11 is 0. The largest absolute Gasteiger partial charge is 0.468 e. The van der Waals surface area contributed by atoms with E-state index in [1.165, 1.54) is 0 Å². The molecule has 38 heavy (non-hydrogen) atoms. The highest BCUT2D eigenvalue weighted by Gasteiger charge is 2.25. The Bertz CT molecular complexity index is 1550. The van der Waals surface area contributed by atoms with Gasteiger partial charge in [0.05, 0.1) is 24.7 Å². The smallest absolute Gasteiger partial charge is 0.298 e. The van der Waals surface area contributed by atoms with Crippen LogP contribution in [0.2, 0.25) is 0 Å². The highest BCUT2D eigenvalue weighted by Crippen LogP contribution is 2.28. The van der Waals surface area contributed by atoms with E-state index in [2.05, 4.69) is 20.1 Å². The maximum Gasteiger partial charge on any atom is 0.298 e. The van der Waals surface area contributed by atoms with Crippen molar-refractivity contribution in [2.75, 3.05) is 36.4 Å². The molecule has 0 spiro atoms. The molecule has 0 saturated carbocycles. The maximum absolute atomic E-state index is 13.4. The van der Waals surface area contributed by atoms with Crippen molar-refractivity contribution in [2.24, 2.45) is 0 Å². The van der Waals surface area contributed by atoms with Crippen LogP contribution in [0.1, 0.15) is 16.2 Å². The fourth-order valence-electron chi connectivity index (χ4n) is 4.89. The highest BCUT2D eigenvalue weighted by atomic mass is 16.3. The van der Waals surface area contributed by atoms with Crippen molar-refractivity contribution >= 4 is 28.7 Å². The summed E-state index contributed by atoms with van der Waals surface area (Å²) in [5.41, 5.74) is 3.25. The number of amides is 1. The number of rotatable bonds is 7. The Balaban J connectivity index is 1.14. The van der Waals surface area contributed by atoms with Gasteiger partial charge in [-0.25, -0.2) is 4.98 Å². The minimum atomic E-state index is -0.702. The summed E-state index contributed by atoms with van der Waals surface area (Å²) in [6.45, 7) is 4.31. The number of piperazine rings is 1. The van der Waals surface area contributed by atoms with Gasteiger partial charge in [-0.05, 0) is 48.0 Å². The van der Waals surface area contributed by atoms with E-state index in [9.17, 15) is 9.59 Å². The third-order valence-corrected chi connectivity index (χ3v) is 6.85. The Hall–Kier alpha value is -4.69. The third-order valence-electron chi connectivity index (χ3n) is 6.85. The van der Waals surface area contributed by atoms with Crippen molar-refractivity contribution in [3.05, 3.63) is 109 Å². The molecule has 0 aliphatic carbocycles. The molecule has 1 aromatic carbocycles. The third kappa shape index (κ3) is 4.81. The van der Waals surface area contributed by atoms with Crippen LogP contribution in [0, 0.1) is 0 Å². The zero-order valence-corrected chi connectivity index (χ0v) is 20.8. The number of aromatic nitrogens is 2. The molecule has 1 aliphatic heterocycles. The molecule has 8 heteroatoms. The van der Waals surface area contributed by atoms with Gasteiger partial charge in [-0.2, -0.15) is 0 Å². The van der Waals surface area contributed by atoms with E-state index in [1.807, 2.05) is 72.8 Å². The van der Waals surface area contributed by atoms with Gasteiger partial charge in [-0.15, -0.1) is 0 Å². The Kier molecular flexibility index (Phi) is 6.46. The van der Waals surface area contributed by atoms with Gasteiger partial charge >= 0.3 is 0 Å². The van der Waals surface area contributed by atoms with Gasteiger partial charge in [0.2, 0.25) is 0 Å². The first-order chi connectivity index (χ1) is 18.7. The van der Waals surface area contributed by atoms with Gasteiger partial charge in [-0.3, -0.25) is 14.5 Å². The van der Waals surface area contributed by atoms with E-state index < -0.39 is 11.7 Å². The molecule has 0 radical (unpaired) electrons. The number of nitrogens with one attached hydrogen (secondary N) is 1. The van der Waals surface area contributed by atoms with Crippen molar-refractivity contribution in [3.8, 4) is 11.1 Å². The molecule has 1 N–H and O–H groups in total. The van der Waals surface area contributed by atoms with Crippen LogP contribution in [0.5, 0.6) is 0 Å². The second-order valence-corrected chi connectivity index (χ2v) is 9.30. The van der Waals surface area contributed by atoms with Gasteiger partial charge in [0, 0.05) is 43.5 Å². The first-order valence-electron chi connectivity index (χ1n) is 12.6. The van der Waals surface area contributed by atoms with Crippen molar-refractivity contribution in [1.82, 2.24) is 14.3 Å². The molecule has 0 unspecified atom stereocenters. The lowest BCUT2D eigenvalue weighted by Gasteiger charge is -2.35. The van der Waals surface area contributed by atoms with E-state index >= 15 is 0 Å². The molecular formula is C30H27N5O3. The first kappa shape index (κ1) is 23.7. The fraction of sp³-hybridized carbons (Fsp3) is 0.167. The number of carbonyl (C=O) groups is 2. The van der Waals surface area contributed by atoms with E-state index in [4.69, 9.17) is 4.42 Å². The zero-order chi connectivity index (χ0) is 25.9. The molecule has 6 rings (SSSR count). The number of hydrogen-bond acceptors (Lipinski definition) is 6. The lowest BCUT2D eigenvalue weighted by atomic mass is 10.0. The average Bonchev–Trinajstić information content (AvgIpc) is 3.62. The predicted molar refractivity (Wildman–Crippen MR) is 146 cm³/mol. The number of ketones is 1. The number of carbonyl (C=O) groups excluding carboxylic acids is 2. The van der Waals surface area contributed by atoms with Crippen molar-refractivity contribution < 1.29 is 14.0 Å². The molecule has 5 aromatic rings. The van der Waals surface area contributed by atoms with E-state index in [-0.39, 0.29) is 0 Å². The Morgan fingerprint density at radius 3 is 2.45 bits per heavy atom.